The molecule has 0 aliphatic heterocycles. The SMILES string of the molecule is CC(C)(CC1Cc2ccccc2C1)NC[C@@H](O)c1cc(CCC(=O)OOC(=O)C(F)(F)F)cc(F)c1F. The van der Waals surface area contributed by atoms with Crippen LogP contribution in [0.15, 0.2) is 36.4 Å². The minimum Gasteiger partial charge on any atom is -0.387 e. The Bertz CT molecular complexity index is 1110. The molecular weight excluding hydrogens is 501 g/mol. The Labute approximate surface area is 210 Å². The summed E-state index contributed by atoms with van der Waals surface area (Å²) in [5, 5.41) is 13.8. The lowest BCUT2D eigenvalue weighted by atomic mass is 9.88. The number of benzene rings is 2. The smallest absolute Gasteiger partial charge is 0.387 e. The minimum absolute atomic E-state index is 0.0675. The summed E-state index contributed by atoms with van der Waals surface area (Å²) in [7, 11) is 0. The summed E-state index contributed by atoms with van der Waals surface area (Å²) < 4.78 is 64.8. The van der Waals surface area contributed by atoms with Crippen LogP contribution in [0.5, 0.6) is 0 Å². The second kappa shape index (κ2) is 11.6. The highest BCUT2D eigenvalue weighted by atomic mass is 19.4. The summed E-state index contributed by atoms with van der Waals surface area (Å²) in [4.78, 5) is 29.3. The van der Waals surface area contributed by atoms with Gasteiger partial charge < -0.3 is 10.4 Å². The summed E-state index contributed by atoms with van der Waals surface area (Å²) in [6.07, 6.45) is -4.90. The molecule has 0 aromatic heterocycles. The van der Waals surface area contributed by atoms with Crippen LogP contribution in [0.3, 0.4) is 0 Å². The van der Waals surface area contributed by atoms with E-state index in [0.717, 1.165) is 25.3 Å². The van der Waals surface area contributed by atoms with Gasteiger partial charge >= 0.3 is 18.1 Å². The first-order chi connectivity index (χ1) is 17.2. The van der Waals surface area contributed by atoms with Gasteiger partial charge in [0.2, 0.25) is 0 Å². The van der Waals surface area contributed by atoms with E-state index in [1.165, 1.54) is 17.2 Å². The fraction of sp³-hybridized carbons (Fsp3) is 0.462. The van der Waals surface area contributed by atoms with Gasteiger partial charge in [-0.2, -0.15) is 13.2 Å². The molecule has 0 heterocycles. The molecule has 0 unspecified atom stereocenters. The van der Waals surface area contributed by atoms with Crippen molar-refractivity contribution in [1.82, 2.24) is 5.32 Å². The van der Waals surface area contributed by atoms with Gasteiger partial charge in [0.25, 0.3) is 0 Å². The Morgan fingerprint density at radius 2 is 1.70 bits per heavy atom. The molecule has 0 fully saturated rings. The molecule has 2 aromatic rings. The molecular formula is C26H28F5NO5. The molecule has 37 heavy (non-hydrogen) atoms. The van der Waals surface area contributed by atoms with Crippen molar-refractivity contribution < 1.29 is 46.4 Å². The second-order valence-electron chi connectivity index (χ2n) is 9.83. The number of hydrogen-bond acceptors (Lipinski definition) is 6. The van der Waals surface area contributed by atoms with Gasteiger partial charge in [0.05, 0.1) is 12.5 Å². The predicted molar refractivity (Wildman–Crippen MR) is 122 cm³/mol. The van der Waals surface area contributed by atoms with E-state index >= 15 is 0 Å². The first-order valence-electron chi connectivity index (χ1n) is 11.7. The van der Waals surface area contributed by atoms with Crippen LogP contribution in [0, 0.1) is 17.6 Å². The summed E-state index contributed by atoms with van der Waals surface area (Å²) in [6, 6.07) is 10.2. The molecule has 0 saturated carbocycles. The number of alkyl halides is 3. The molecule has 0 bridgehead atoms. The Morgan fingerprint density at radius 1 is 1.08 bits per heavy atom. The van der Waals surface area contributed by atoms with Crippen molar-refractivity contribution in [3.63, 3.8) is 0 Å². The summed E-state index contributed by atoms with van der Waals surface area (Å²) >= 11 is 0. The molecule has 202 valence electrons. The van der Waals surface area contributed by atoms with Crippen molar-refractivity contribution in [3.8, 4) is 0 Å². The number of carbonyl (C=O) groups is 2. The number of nitrogens with one attached hydrogen (secondary N) is 1. The fourth-order valence-corrected chi connectivity index (χ4v) is 4.55. The van der Waals surface area contributed by atoms with Crippen LogP contribution in [-0.2, 0) is 38.6 Å². The first kappa shape index (κ1) is 28.5. The van der Waals surface area contributed by atoms with Gasteiger partial charge in [0, 0.05) is 17.6 Å². The van der Waals surface area contributed by atoms with Crippen molar-refractivity contribution in [3.05, 3.63) is 70.3 Å². The number of fused-ring (bicyclic) bond motifs is 1. The normalized spacial score (nSPS) is 14.8. The Kier molecular flexibility index (Phi) is 8.91. The van der Waals surface area contributed by atoms with Crippen LogP contribution in [0.2, 0.25) is 0 Å². The maximum atomic E-state index is 14.4. The fourth-order valence-electron chi connectivity index (χ4n) is 4.55. The number of carbonyl (C=O) groups excluding carboxylic acids is 2. The van der Waals surface area contributed by atoms with Crippen molar-refractivity contribution >= 4 is 11.9 Å². The van der Waals surface area contributed by atoms with Crippen LogP contribution in [0.4, 0.5) is 22.0 Å². The average Bonchev–Trinajstić information content (AvgIpc) is 3.22. The molecule has 6 nitrogen and oxygen atoms in total. The van der Waals surface area contributed by atoms with E-state index in [2.05, 4.69) is 27.2 Å². The lowest BCUT2D eigenvalue weighted by molar-refractivity contribution is -0.285. The van der Waals surface area contributed by atoms with Crippen LogP contribution >= 0.6 is 0 Å². The molecule has 1 aliphatic carbocycles. The zero-order valence-electron chi connectivity index (χ0n) is 20.3. The molecule has 2 N–H and O–H groups in total. The van der Waals surface area contributed by atoms with Gasteiger partial charge in [-0.15, -0.1) is 0 Å². The third kappa shape index (κ3) is 7.96. The Morgan fingerprint density at radius 3 is 2.30 bits per heavy atom. The van der Waals surface area contributed by atoms with E-state index in [9.17, 15) is 36.6 Å². The van der Waals surface area contributed by atoms with Gasteiger partial charge in [0.15, 0.2) is 11.6 Å². The lowest BCUT2D eigenvalue weighted by Crippen LogP contribution is -2.43. The Balaban J connectivity index is 1.54. The molecule has 0 spiro atoms. The third-order valence-corrected chi connectivity index (χ3v) is 6.24. The van der Waals surface area contributed by atoms with E-state index < -0.39 is 47.8 Å². The zero-order chi connectivity index (χ0) is 27.4. The number of β-amino-alcohol motifs (C(OH)–C–C–N with tert-alkyl or cyclic N) is 1. The molecule has 0 radical (unpaired) electrons. The number of aliphatic hydroxyl groups is 1. The largest absolute Gasteiger partial charge is 0.495 e. The van der Waals surface area contributed by atoms with E-state index in [-0.39, 0.29) is 24.1 Å². The second-order valence-corrected chi connectivity index (χ2v) is 9.83. The maximum Gasteiger partial charge on any atom is 0.495 e. The summed E-state index contributed by atoms with van der Waals surface area (Å²) in [5.41, 5.74) is 2.00. The van der Waals surface area contributed by atoms with Gasteiger partial charge in [-0.1, -0.05) is 24.3 Å². The molecule has 3 rings (SSSR count). The highest BCUT2D eigenvalue weighted by molar-refractivity contribution is 5.77. The predicted octanol–water partition coefficient (Wildman–Crippen LogP) is 4.67. The molecule has 0 amide bonds. The third-order valence-electron chi connectivity index (χ3n) is 6.24. The van der Waals surface area contributed by atoms with Crippen LogP contribution in [-0.4, -0.2) is 35.3 Å². The highest BCUT2D eigenvalue weighted by Crippen LogP contribution is 2.32. The Hall–Kier alpha value is -3.05. The molecule has 1 atom stereocenters. The topological polar surface area (TPSA) is 84.9 Å². The molecule has 2 aromatic carbocycles. The number of aryl methyl sites for hydroxylation is 1. The van der Waals surface area contributed by atoms with Crippen molar-refractivity contribution in [1.29, 1.82) is 0 Å². The summed E-state index contributed by atoms with van der Waals surface area (Å²) in [5.74, 6) is -6.12. The van der Waals surface area contributed by atoms with Crippen LogP contribution in [0.25, 0.3) is 0 Å². The van der Waals surface area contributed by atoms with Gasteiger partial charge in [-0.3, -0.25) is 0 Å². The average molecular weight is 530 g/mol. The van der Waals surface area contributed by atoms with Crippen molar-refractivity contribution in [2.24, 2.45) is 5.92 Å². The van der Waals surface area contributed by atoms with Crippen molar-refractivity contribution in [2.45, 2.75) is 63.8 Å². The monoisotopic (exact) mass is 529 g/mol. The number of halogens is 5. The number of hydrogen-bond donors (Lipinski definition) is 2. The van der Waals surface area contributed by atoms with E-state index in [1.807, 2.05) is 26.0 Å². The minimum atomic E-state index is -5.34. The van der Waals surface area contributed by atoms with E-state index in [0.29, 0.717) is 5.92 Å². The maximum absolute atomic E-state index is 14.4. The summed E-state index contributed by atoms with van der Waals surface area (Å²) in [6.45, 7) is 3.86. The highest BCUT2D eigenvalue weighted by Gasteiger charge is 2.43. The molecule has 0 saturated heterocycles. The zero-order valence-corrected chi connectivity index (χ0v) is 20.3. The quantitative estimate of drug-likeness (QED) is 0.279. The van der Waals surface area contributed by atoms with Gasteiger partial charge in [-0.25, -0.2) is 28.1 Å². The van der Waals surface area contributed by atoms with Gasteiger partial charge in [-0.05, 0) is 74.3 Å². The van der Waals surface area contributed by atoms with E-state index in [4.69, 9.17) is 0 Å². The van der Waals surface area contributed by atoms with Gasteiger partial charge in [0.1, 0.15) is 0 Å². The first-order valence-corrected chi connectivity index (χ1v) is 11.7. The molecule has 1 aliphatic rings. The van der Waals surface area contributed by atoms with Crippen LogP contribution < -0.4 is 5.32 Å². The standard InChI is InChI=1S/C26H28F5NO5/c1-25(2,13-16-9-17-5-3-4-6-18(17)10-16)32-14-21(33)19-11-15(12-20(27)23(19)28)7-8-22(34)36-37-24(35)26(29,30)31/h3-6,11-12,16,21,32-33H,7-10,13-14H2,1-2H3/t21-/m1/s1. The van der Waals surface area contributed by atoms with E-state index in [1.54, 1.807) is 0 Å². The van der Waals surface area contributed by atoms with Crippen LogP contribution in [0.1, 0.15) is 55.0 Å². The van der Waals surface area contributed by atoms with Crippen molar-refractivity contribution in [2.75, 3.05) is 6.54 Å². The number of rotatable bonds is 9. The molecule has 11 heteroatoms. The lowest BCUT2D eigenvalue weighted by Gasteiger charge is -2.30. The number of aliphatic hydroxyl groups excluding tert-OH is 1.